The second kappa shape index (κ2) is 7.39. The highest BCUT2D eigenvalue weighted by Crippen LogP contribution is 2.28. The lowest BCUT2D eigenvalue weighted by Gasteiger charge is -2.12. The van der Waals surface area contributed by atoms with Gasteiger partial charge in [-0.1, -0.05) is 11.6 Å². The molecule has 1 N–H and O–H groups in total. The molecule has 6 heteroatoms. The summed E-state index contributed by atoms with van der Waals surface area (Å²) in [5.41, 5.74) is 4.73. The monoisotopic (exact) mass is 350 g/mol. The van der Waals surface area contributed by atoms with Crippen LogP contribution in [0.25, 0.3) is 11.8 Å². The second-order valence-electron chi connectivity index (χ2n) is 6.07. The van der Waals surface area contributed by atoms with E-state index >= 15 is 0 Å². The van der Waals surface area contributed by atoms with Crippen LogP contribution in [0.5, 0.6) is 5.75 Å². The van der Waals surface area contributed by atoms with Crippen molar-refractivity contribution in [2.75, 3.05) is 11.9 Å². The van der Waals surface area contributed by atoms with Crippen LogP contribution in [0.4, 0.5) is 11.6 Å². The third-order valence-electron chi connectivity index (χ3n) is 4.06. The molecule has 0 aliphatic carbocycles. The van der Waals surface area contributed by atoms with Crippen molar-refractivity contribution in [2.45, 2.75) is 20.8 Å². The minimum absolute atomic E-state index is 0.585. The van der Waals surface area contributed by atoms with Crippen LogP contribution in [0.2, 0.25) is 0 Å². The first-order valence-electron chi connectivity index (χ1n) is 8.56. The zero-order valence-corrected chi connectivity index (χ0v) is 15.7. The molecular formula is C20H24N5O+. The van der Waals surface area contributed by atoms with Crippen LogP contribution in [0, 0.1) is 13.8 Å². The van der Waals surface area contributed by atoms with Crippen LogP contribution in [0.3, 0.4) is 0 Å². The van der Waals surface area contributed by atoms with Gasteiger partial charge in [-0.3, -0.25) is 0 Å². The van der Waals surface area contributed by atoms with Gasteiger partial charge in [0.15, 0.2) is 0 Å². The van der Waals surface area contributed by atoms with Gasteiger partial charge in [-0.2, -0.15) is 0 Å². The van der Waals surface area contributed by atoms with E-state index in [0.717, 1.165) is 40.2 Å². The molecule has 3 aromatic rings. The molecule has 0 fully saturated rings. The average molecular weight is 350 g/mol. The summed E-state index contributed by atoms with van der Waals surface area (Å²) in [6.45, 7) is 10.4. The molecule has 0 saturated carbocycles. The van der Waals surface area contributed by atoms with Crippen molar-refractivity contribution in [1.82, 2.24) is 14.5 Å². The third-order valence-corrected chi connectivity index (χ3v) is 4.06. The number of hydrogen-bond donors (Lipinski definition) is 1. The van der Waals surface area contributed by atoms with Crippen LogP contribution in [0.15, 0.2) is 43.4 Å². The SMILES string of the molecule is C=Cc1cc(C)nc(Nc2ccc(-n3cnc(C)c3)c(OCC)c2)[n+]1C. The Hall–Kier alpha value is -3.15. The third kappa shape index (κ3) is 3.59. The average Bonchev–Trinajstić information content (AvgIpc) is 3.04. The summed E-state index contributed by atoms with van der Waals surface area (Å²) in [4.78, 5) is 8.88. The number of nitrogens with zero attached hydrogens (tertiary/aromatic N) is 4. The Labute approximate surface area is 153 Å². The number of benzene rings is 1. The normalized spacial score (nSPS) is 10.6. The molecule has 0 aliphatic heterocycles. The molecule has 2 aromatic heterocycles. The van der Waals surface area contributed by atoms with E-state index in [-0.39, 0.29) is 0 Å². The summed E-state index contributed by atoms with van der Waals surface area (Å²) >= 11 is 0. The molecule has 0 unspecified atom stereocenters. The lowest BCUT2D eigenvalue weighted by atomic mass is 10.2. The molecule has 134 valence electrons. The van der Waals surface area contributed by atoms with Crippen LogP contribution in [0.1, 0.15) is 24.0 Å². The van der Waals surface area contributed by atoms with Crippen molar-refractivity contribution >= 4 is 17.7 Å². The highest BCUT2D eigenvalue weighted by molar-refractivity contribution is 5.61. The van der Waals surface area contributed by atoms with E-state index in [1.807, 2.05) is 73.5 Å². The molecule has 2 heterocycles. The topological polar surface area (TPSA) is 55.9 Å². The Kier molecular flexibility index (Phi) is 5.02. The molecule has 1 aromatic carbocycles. The van der Waals surface area contributed by atoms with Gasteiger partial charge in [0, 0.05) is 18.3 Å². The number of aryl methyl sites for hydroxylation is 2. The fourth-order valence-electron chi connectivity index (χ4n) is 2.77. The van der Waals surface area contributed by atoms with E-state index in [4.69, 9.17) is 4.74 Å². The van der Waals surface area contributed by atoms with E-state index in [2.05, 4.69) is 21.9 Å². The van der Waals surface area contributed by atoms with Crippen molar-refractivity contribution in [1.29, 1.82) is 0 Å². The van der Waals surface area contributed by atoms with Crippen LogP contribution >= 0.6 is 0 Å². The lowest BCUT2D eigenvalue weighted by molar-refractivity contribution is -0.661. The quantitative estimate of drug-likeness (QED) is 0.692. The minimum Gasteiger partial charge on any atom is -0.492 e. The van der Waals surface area contributed by atoms with Crippen LogP contribution in [-0.4, -0.2) is 21.1 Å². The molecule has 0 amide bonds. The van der Waals surface area contributed by atoms with Crippen molar-refractivity contribution in [3.63, 3.8) is 0 Å². The first-order chi connectivity index (χ1) is 12.5. The number of anilines is 2. The largest absolute Gasteiger partial charge is 0.492 e. The number of ether oxygens (including phenoxy) is 1. The first-order valence-corrected chi connectivity index (χ1v) is 8.56. The van der Waals surface area contributed by atoms with Gasteiger partial charge in [-0.05, 0) is 39.0 Å². The van der Waals surface area contributed by atoms with Gasteiger partial charge in [-0.25, -0.2) is 14.9 Å². The maximum atomic E-state index is 5.85. The summed E-state index contributed by atoms with van der Waals surface area (Å²) in [7, 11) is 1.96. The van der Waals surface area contributed by atoms with Crippen molar-refractivity contribution in [3.8, 4) is 11.4 Å². The predicted octanol–water partition coefficient (Wildman–Crippen LogP) is 3.49. The standard InChI is InChI=1S/C20H23N5O/c1-6-17-10-14(3)22-20(24(17)5)23-16-8-9-18(19(11-16)26-7-2)25-12-15(4)21-13-25/h6,8-13H,1,7H2,2-5H3/p+1. The number of aromatic nitrogens is 4. The number of rotatable bonds is 6. The van der Waals surface area contributed by atoms with E-state index in [1.54, 1.807) is 6.33 Å². The van der Waals surface area contributed by atoms with E-state index < -0.39 is 0 Å². The van der Waals surface area contributed by atoms with Gasteiger partial charge in [0.25, 0.3) is 0 Å². The number of nitrogens with one attached hydrogen (secondary N) is 1. The van der Waals surface area contributed by atoms with E-state index in [0.29, 0.717) is 6.61 Å². The van der Waals surface area contributed by atoms with E-state index in [9.17, 15) is 0 Å². The van der Waals surface area contributed by atoms with Gasteiger partial charge >= 0.3 is 5.95 Å². The molecule has 0 radical (unpaired) electrons. The zero-order chi connectivity index (χ0) is 18.7. The Bertz CT molecular complexity index is 945. The number of hydrogen-bond acceptors (Lipinski definition) is 4. The predicted molar refractivity (Wildman–Crippen MR) is 103 cm³/mol. The Morgan fingerprint density at radius 3 is 2.73 bits per heavy atom. The smallest absolute Gasteiger partial charge is 0.396 e. The van der Waals surface area contributed by atoms with Gasteiger partial charge in [0.05, 0.1) is 31.4 Å². The highest BCUT2D eigenvalue weighted by atomic mass is 16.5. The van der Waals surface area contributed by atoms with Gasteiger partial charge in [0.2, 0.25) is 0 Å². The van der Waals surface area contributed by atoms with Gasteiger partial charge in [-0.15, -0.1) is 0 Å². The molecule has 0 bridgehead atoms. The molecular weight excluding hydrogens is 326 g/mol. The molecule has 3 rings (SSSR count). The maximum Gasteiger partial charge on any atom is 0.396 e. The molecule has 0 aliphatic rings. The number of imidazole rings is 1. The maximum absolute atomic E-state index is 5.85. The van der Waals surface area contributed by atoms with Crippen LogP contribution < -0.4 is 14.6 Å². The molecule has 26 heavy (non-hydrogen) atoms. The van der Waals surface area contributed by atoms with Gasteiger partial charge < -0.3 is 9.30 Å². The first kappa shape index (κ1) is 17.7. The van der Waals surface area contributed by atoms with Crippen molar-refractivity contribution < 1.29 is 9.30 Å². The van der Waals surface area contributed by atoms with Gasteiger partial charge in [0.1, 0.15) is 22.8 Å². The van der Waals surface area contributed by atoms with Crippen molar-refractivity contribution in [3.05, 3.63) is 60.5 Å². The van der Waals surface area contributed by atoms with Crippen molar-refractivity contribution in [2.24, 2.45) is 7.05 Å². The molecule has 0 spiro atoms. The highest BCUT2D eigenvalue weighted by Gasteiger charge is 2.15. The fourth-order valence-corrected chi connectivity index (χ4v) is 2.77. The lowest BCUT2D eigenvalue weighted by Crippen LogP contribution is -2.36. The summed E-state index contributed by atoms with van der Waals surface area (Å²) in [5.74, 6) is 1.53. The Morgan fingerprint density at radius 2 is 2.08 bits per heavy atom. The Balaban J connectivity index is 1.98. The molecule has 6 nitrogen and oxygen atoms in total. The second-order valence-corrected chi connectivity index (χ2v) is 6.07. The summed E-state index contributed by atoms with van der Waals surface area (Å²) in [6, 6.07) is 7.99. The summed E-state index contributed by atoms with van der Waals surface area (Å²) in [5, 5.41) is 3.37. The Morgan fingerprint density at radius 1 is 1.27 bits per heavy atom. The molecule has 0 atom stereocenters. The summed E-state index contributed by atoms with van der Waals surface area (Å²) in [6.07, 6.45) is 5.58. The minimum atomic E-state index is 0.585. The zero-order valence-electron chi connectivity index (χ0n) is 15.7. The van der Waals surface area contributed by atoms with Crippen LogP contribution in [-0.2, 0) is 7.05 Å². The van der Waals surface area contributed by atoms with E-state index in [1.165, 1.54) is 0 Å². The summed E-state index contributed by atoms with van der Waals surface area (Å²) < 4.78 is 9.77. The molecule has 0 saturated heterocycles. The fraction of sp³-hybridized carbons (Fsp3) is 0.250.